The summed E-state index contributed by atoms with van der Waals surface area (Å²) in [5, 5.41) is 14.2. The van der Waals surface area contributed by atoms with E-state index in [1.54, 1.807) is 24.1 Å². The third-order valence-corrected chi connectivity index (χ3v) is 4.03. The smallest absolute Gasteiger partial charge is 0.320 e. The molecule has 1 atom stereocenters. The molecule has 1 saturated heterocycles. The number of carboxylic acid groups (broad SMARTS) is 1. The third-order valence-electron chi connectivity index (χ3n) is 4.03. The van der Waals surface area contributed by atoms with Gasteiger partial charge in [-0.1, -0.05) is 0 Å². The second-order valence-corrected chi connectivity index (χ2v) is 5.24. The maximum absolute atomic E-state index is 11.0. The molecular weight excluding hydrogens is 272 g/mol. The van der Waals surface area contributed by atoms with Gasteiger partial charge < -0.3 is 10.0 Å². The van der Waals surface area contributed by atoms with Crippen LogP contribution in [0.2, 0.25) is 0 Å². The van der Waals surface area contributed by atoms with Crippen molar-refractivity contribution in [3.05, 3.63) is 12.5 Å². The number of piperazine rings is 1. The summed E-state index contributed by atoms with van der Waals surface area (Å²) in [7, 11) is 1.85. The minimum Gasteiger partial charge on any atom is -0.480 e. The Labute approximate surface area is 122 Å². The molecule has 112 valence electrons. The lowest BCUT2D eigenvalue weighted by Gasteiger charge is -2.37. The summed E-state index contributed by atoms with van der Waals surface area (Å²) in [6.07, 6.45) is 3.32. The molecule has 0 radical (unpaired) electrons. The first-order valence-corrected chi connectivity index (χ1v) is 6.92. The zero-order valence-corrected chi connectivity index (χ0v) is 12.1. The van der Waals surface area contributed by atoms with Crippen molar-refractivity contribution in [1.82, 2.24) is 24.6 Å². The summed E-state index contributed by atoms with van der Waals surface area (Å²) in [5.74, 6) is 0.0934. The van der Waals surface area contributed by atoms with Gasteiger partial charge in [0.15, 0.2) is 5.65 Å². The number of aryl methyl sites for hydroxylation is 1. The van der Waals surface area contributed by atoms with Crippen LogP contribution < -0.4 is 4.90 Å². The van der Waals surface area contributed by atoms with E-state index in [4.69, 9.17) is 5.11 Å². The average Bonchev–Trinajstić information content (AvgIpc) is 2.88. The topological polar surface area (TPSA) is 87.4 Å². The molecule has 2 aromatic heterocycles. The Morgan fingerprint density at radius 2 is 2.00 bits per heavy atom. The molecule has 0 amide bonds. The van der Waals surface area contributed by atoms with Crippen molar-refractivity contribution in [2.24, 2.45) is 7.05 Å². The van der Waals surface area contributed by atoms with Crippen LogP contribution in [0.3, 0.4) is 0 Å². The molecule has 3 heterocycles. The van der Waals surface area contributed by atoms with Crippen molar-refractivity contribution in [3.63, 3.8) is 0 Å². The first kappa shape index (κ1) is 13.7. The summed E-state index contributed by atoms with van der Waals surface area (Å²) in [6.45, 7) is 4.64. The number of rotatable bonds is 3. The van der Waals surface area contributed by atoms with Crippen LogP contribution in [0, 0.1) is 0 Å². The highest BCUT2D eigenvalue weighted by molar-refractivity contribution is 5.86. The number of anilines is 1. The summed E-state index contributed by atoms with van der Waals surface area (Å²) in [4.78, 5) is 23.8. The molecule has 8 heteroatoms. The van der Waals surface area contributed by atoms with Crippen LogP contribution >= 0.6 is 0 Å². The largest absolute Gasteiger partial charge is 0.480 e. The summed E-state index contributed by atoms with van der Waals surface area (Å²) < 4.78 is 1.73. The van der Waals surface area contributed by atoms with Gasteiger partial charge in [-0.3, -0.25) is 14.4 Å². The molecule has 1 fully saturated rings. The van der Waals surface area contributed by atoms with Crippen LogP contribution in [-0.4, -0.2) is 67.9 Å². The van der Waals surface area contributed by atoms with Gasteiger partial charge in [0.1, 0.15) is 18.2 Å². The maximum atomic E-state index is 11.0. The molecular formula is C13H18N6O2. The second-order valence-electron chi connectivity index (χ2n) is 5.24. The minimum atomic E-state index is -0.778. The third kappa shape index (κ3) is 2.42. The Hall–Kier alpha value is -2.22. The first-order chi connectivity index (χ1) is 10.1. The zero-order chi connectivity index (χ0) is 15.0. The Bertz CT molecular complexity index is 662. The van der Waals surface area contributed by atoms with Crippen LogP contribution in [0.5, 0.6) is 0 Å². The predicted octanol–water partition coefficient (Wildman–Crippen LogP) is -0.0416. The number of carboxylic acids is 1. The van der Waals surface area contributed by atoms with E-state index in [-0.39, 0.29) is 0 Å². The Kier molecular flexibility index (Phi) is 3.46. The van der Waals surface area contributed by atoms with Crippen molar-refractivity contribution in [2.75, 3.05) is 31.1 Å². The van der Waals surface area contributed by atoms with Gasteiger partial charge in [-0.25, -0.2) is 9.97 Å². The van der Waals surface area contributed by atoms with Crippen LogP contribution in [0.4, 0.5) is 5.82 Å². The number of hydrogen-bond acceptors (Lipinski definition) is 6. The van der Waals surface area contributed by atoms with Crippen LogP contribution in [0.15, 0.2) is 12.5 Å². The van der Waals surface area contributed by atoms with Crippen molar-refractivity contribution in [2.45, 2.75) is 13.0 Å². The molecule has 21 heavy (non-hydrogen) atoms. The van der Waals surface area contributed by atoms with Crippen molar-refractivity contribution < 1.29 is 9.90 Å². The molecule has 1 aliphatic rings. The van der Waals surface area contributed by atoms with E-state index in [2.05, 4.69) is 20.0 Å². The van der Waals surface area contributed by atoms with E-state index in [9.17, 15) is 4.79 Å². The van der Waals surface area contributed by atoms with Gasteiger partial charge in [-0.2, -0.15) is 5.10 Å². The lowest BCUT2D eigenvalue weighted by Crippen LogP contribution is -2.52. The standard InChI is InChI=1S/C13H18N6O2/c1-9(13(20)21)18-3-5-19(6-4-18)12-10-7-16-17(2)11(10)14-8-15-12/h7-9H,3-6H2,1-2H3,(H,20,21). The van der Waals surface area contributed by atoms with Gasteiger partial charge >= 0.3 is 5.97 Å². The molecule has 1 unspecified atom stereocenters. The summed E-state index contributed by atoms with van der Waals surface area (Å²) in [6, 6.07) is -0.448. The first-order valence-electron chi connectivity index (χ1n) is 6.92. The van der Waals surface area contributed by atoms with E-state index in [0.29, 0.717) is 13.1 Å². The fraction of sp³-hybridized carbons (Fsp3) is 0.538. The van der Waals surface area contributed by atoms with Gasteiger partial charge in [-0.05, 0) is 6.92 Å². The number of nitrogens with zero attached hydrogens (tertiary/aromatic N) is 6. The summed E-state index contributed by atoms with van der Waals surface area (Å²) >= 11 is 0. The average molecular weight is 290 g/mol. The number of aliphatic carboxylic acids is 1. The maximum Gasteiger partial charge on any atom is 0.320 e. The molecule has 0 spiro atoms. The lowest BCUT2D eigenvalue weighted by atomic mass is 10.2. The van der Waals surface area contributed by atoms with E-state index in [1.165, 1.54) is 0 Å². The van der Waals surface area contributed by atoms with E-state index in [1.807, 2.05) is 11.9 Å². The number of aromatic nitrogens is 4. The Balaban J connectivity index is 1.78. The van der Waals surface area contributed by atoms with Gasteiger partial charge in [0.25, 0.3) is 0 Å². The van der Waals surface area contributed by atoms with E-state index < -0.39 is 12.0 Å². The second kappa shape index (κ2) is 5.28. The fourth-order valence-corrected chi connectivity index (χ4v) is 2.68. The van der Waals surface area contributed by atoms with Crippen LogP contribution in [-0.2, 0) is 11.8 Å². The molecule has 8 nitrogen and oxygen atoms in total. The van der Waals surface area contributed by atoms with Crippen LogP contribution in [0.1, 0.15) is 6.92 Å². The Morgan fingerprint density at radius 1 is 1.29 bits per heavy atom. The van der Waals surface area contributed by atoms with Gasteiger partial charge in [-0.15, -0.1) is 0 Å². The van der Waals surface area contributed by atoms with Gasteiger partial charge in [0.2, 0.25) is 0 Å². The monoisotopic (exact) mass is 290 g/mol. The van der Waals surface area contributed by atoms with Gasteiger partial charge in [0.05, 0.1) is 11.6 Å². The molecule has 1 N–H and O–H groups in total. The molecule has 0 saturated carbocycles. The highest BCUT2D eigenvalue weighted by Gasteiger charge is 2.26. The predicted molar refractivity (Wildman–Crippen MR) is 77.2 cm³/mol. The molecule has 0 aromatic carbocycles. The lowest BCUT2D eigenvalue weighted by molar-refractivity contribution is -0.142. The molecule has 0 bridgehead atoms. The highest BCUT2D eigenvalue weighted by atomic mass is 16.4. The van der Waals surface area contributed by atoms with E-state index >= 15 is 0 Å². The molecule has 3 rings (SSSR count). The SMILES string of the molecule is CC(C(=O)O)N1CCN(c2ncnc3c2cnn3C)CC1. The zero-order valence-electron chi connectivity index (χ0n) is 12.1. The fourth-order valence-electron chi connectivity index (χ4n) is 2.68. The van der Waals surface area contributed by atoms with Crippen molar-refractivity contribution in [3.8, 4) is 0 Å². The minimum absolute atomic E-state index is 0.448. The number of hydrogen-bond donors (Lipinski definition) is 1. The van der Waals surface area contributed by atoms with Crippen molar-refractivity contribution in [1.29, 1.82) is 0 Å². The van der Waals surface area contributed by atoms with Gasteiger partial charge in [0, 0.05) is 33.2 Å². The quantitative estimate of drug-likeness (QED) is 0.848. The molecule has 0 aliphatic carbocycles. The Morgan fingerprint density at radius 3 is 2.67 bits per heavy atom. The van der Waals surface area contributed by atoms with E-state index in [0.717, 1.165) is 29.9 Å². The molecule has 1 aliphatic heterocycles. The summed E-state index contributed by atoms with van der Waals surface area (Å²) in [5.41, 5.74) is 0.807. The normalized spacial score (nSPS) is 18.1. The number of fused-ring (bicyclic) bond motifs is 1. The molecule has 2 aromatic rings. The van der Waals surface area contributed by atoms with Crippen LogP contribution in [0.25, 0.3) is 11.0 Å². The number of carbonyl (C=O) groups is 1. The highest BCUT2D eigenvalue weighted by Crippen LogP contribution is 2.23. The van der Waals surface area contributed by atoms with Crippen molar-refractivity contribution >= 4 is 22.8 Å².